The minimum Gasteiger partial charge on any atom is -0.361 e. The van der Waals surface area contributed by atoms with Gasteiger partial charge >= 0.3 is 0 Å². The fourth-order valence-electron chi connectivity index (χ4n) is 0.574. The van der Waals surface area contributed by atoms with Crippen LogP contribution in [0, 0.1) is 5.92 Å². The average Bonchev–Trinajstić information content (AvgIpc) is 1.96. The maximum atomic E-state index is 5.36. The Morgan fingerprint density at radius 3 is 2.25 bits per heavy atom. The minimum absolute atomic E-state index is 0.113. The molecule has 0 saturated heterocycles. The quantitative estimate of drug-likeness (QED) is 0.465. The van der Waals surface area contributed by atoms with Gasteiger partial charge in [0.05, 0.1) is 6.61 Å². The number of rotatable bonds is 6. The fraction of sp³-hybridized carbons (Fsp3) is 1.00. The van der Waals surface area contributed by atoms with Crippen LogP contribution in [0.5, 0.6) is 0 Å². The molecular weight excluding hydrogens is 156 g/mol. The van der Waals surface area contributed by atoms with Gasteiger partial charge in [-0.2, -0.15) is 5.48 Å². The zero-order valence-corrected chi connectivity index (χ0v) is 8.33. The second kappa shape index (κ2) is 6.37. The first-order chi connectivity index (χ1) is 5.52. The van der Waals surface area contributed by atoms with Crippen LogP contribution in [0.15, 0.2) is 0 Å². The third kappa shape index (κ3) is 7.94. The highest BCUT2D eigenvalue weighted by atomic mass is 16.7. The van der Waals surface area contributed by atoms with Gasteiger partial charge in [0.2, 0.25) is 0 Å². The zero-order valence-electron chi connectivity index (χ0n) is 8.33. The van der Waals surface area contributed by atoms with E-state index in [1.807, 2.05) is 6.92 Å². The molecule has 0 aliphatic rings. The van der Waals surface area contributed by atoms with Crippen molar-refractivity contribution in [3.8, 4) is 0 Å². The molecule has 2 atom stereocenters. The summed E-state index contributed by atoms with van der Waals surface area (Å²) in [7, 11) is 0. The summed E-state index contributed by atoms with van der Waals surface area (Å²) in [6.45, 7) is 8.54. The topological polar surface area (TPSA) is 56.5 Å². The third-order valence-electron chi connectivity index (χ3n) is 1.10. The summed E-state index contributed by atoms with van der Waals surface area (Å²) in [4.78, 5) is 4.94. The Bertz CT molecular complexity index is 95.2. The molecule has 4 nitrogen and oxygen atoms in total. The van der Waals surface area contributed by atoms with E-state index in [9.17, 15) is 0 Å². The molecule has 0 aromatic rings. The van der Waals surface area contributed by atoms with Crippen LogP contribution in [-0.4, -0.2) is 19.1 Å². The second-order valence-corrected chi connectivity index (χ2v) is 3.31. The number of hydrogen-bond donors (Lipinski definition) is 2. The molecule has 0 amide bonds. The van der Waals surface area contributed by atoms with E-state index in [-0.39, 0.29) is 12.5 Å². The molecule has 0 radical (unpaired) electrons. The van der Waals surface area contributed by atoms with Crippen molar-refractivity contribution in [3.05, 3.63) is 0 Å². The lowest BCUT2D eigenvalue weighted by atomic mass is 10.2. The average molecular weight is 176 g/mol. The molecule has 4 heteroatoms. The van der Waals surface area contributed by atoms with E-state index >= 15 is 0 Å². The van der Waals surface area contributed by atoms with Crippen LogP contribution in [0.1, 0.15) is 27.7 Å². The van der Waals surface area contributed by atoms with Gasteiger partial charge in [-0.15, -0.1) is 0 Å². The normalized spacial score (nSPS) is 16.5. The molecule has 74 valence electrons. The predicted octanol–water partition coefficient (Wildman–Crippen LogP) is 0.831. The summed E-state index contributed by atoms with van der Waals surface area (Å²) >= 11 is 0. The highest BCUT2D eigenvalue weighted by Crippen LogP contribution is 1.95. The van der Waals surface area contributed by atoms with Crippen LogP contribution in [-0.2, 0) is 9.57 Å². The molecule has 2 unspecified atom stereocenters. The molecule has 0 aromatic heterocycles. The maximum Gasteiger partial charge on any atom is 0.127 e. The van der Waals surface area contributed by atoms with Gasteiger partial charge < -0.3 is 10.5 Å². The Kier molecular flexibility index (Phi) is 6.28. The smallest absolute Gasteiger partial charge is 0.127 e. The number of nitrogens with two attached hydrogens (primary N) is 1. The lowest BCUT2D eigenvalue weighted by Gasteiger charge is -2.17. The molecule has 12 heavy (non-hydrogen) atoms. The van der Waals surface area contributed by atoms with Gasteiger partial charge in [0.25, 0.3) is 0 Å². The second-order valence-electron chi connectivity index (χ2n) is 3.31. The number of hydroxylamine groups is 1. The lowest BCUT2D eigenvalue weighted by molar-refractivity contribution is -0.111. The van der Waals surface area contributed by atoms with Gasteiger partial charge in [0, 0.05) is 0 Å². The van der Waals surface area contributed by atoms with E-state index in [2.05, 4.69) is 19.3 Å². The molecule has 0 bridgehead atoms. The number of hydrogen-bond acceptors (Lipinski definition) is 4. The van der Waals surface area contributed by atoms with E-state index < -0.39 is 0 Å². The van der Waals surface area contributed by atoms with Crippen LogP contribution < -0.4 is 11.2 Å². The summed E-state index contributed by atoms with van der Waals surface area (Å²) in [6.07, 6.45) is -0.423. The largest absolute Gasteiger partial charge is 0.361 e. The van der Waals surface area contributed by atoms with Gasteiger partial charge in [-0.25, -0.2) is 0 Å². The van der Waals surface area contributed by atoms with Crippen molar-refractivity contribution >= 4 is 0 Å². The first kappa shape index (κ1) is 11.8. The van der Waals surface area contributed by atoms with E-state index in [0.29, 0.717) is 5.92 Å². The third-order valence-corrected chi connectivity index (χ3v) is 1.10. The molecule has 0 rings (SSSR count). The van der Waals surface area contributed by atoms with Crippen LogP contribution in [0.2, 0.25) is 0 Å². The molecule has 0 spiro atoms. The Morgan fingerprint density at radius 1 is 1.25 bits per heavy atom. The van der Waals surface area contributed by atoms with E-state index in [4.69, 9.17) is 15.3 Å². The van der Waals surface area contributed by atoms with Gasteiger partial charge in [0.1, 0.15) is 12.5 Å². The molecule has 0 heterocycles. The van der Waals surface area contributed by atoms with Crippen molar-refractivity contribution in [2.45, 2.75) is 40.2 Å². The maximum absolute atomic E-state index is 5.36. The lowest BCUT2D eigenvalue weighted by Crippen LogP contribution is -2.36. The molecule has 0 aliphatic carbocycles. The van der Waals surface area contributed by atoms with E-state index in [1.165, 1.54) is 0 Å². The summed E-state index contributed by atoms with van der Waals surface area (Å²) < 4.78 is 5.36. The summed E-state index contributed by atoms with van der Waals surface area (Å²) in [5.74, 6) is 0.532. The molecule has 0 fully saturated rings. The van der Waals surface area contributed by atoms with Gasteiger partial charge in [0.15, 0.2) is 0 Å². The van der Waals surface area contributed by atoms with Crippen LogP contribution in [0.25, 0.3) is 0 Å². The van der Waals surface area contributed by atoms with Gasteiger partial charge in [-0.3, -0.25) is 4.84 Å². The Balaban J connectivity index is 3.27. The van der Waals surface area contributed by atoms with Crippen molar-refractivity contribution in [1.82, 2.24) is 5.48 Å². The van der Waals surface area contributed by atoms with Crippen molar-refractivity contribution in [2.75, 3.05) is 6.61 Å². The van der Waals surface area contributed by atoms with Crippen LogP contribution in [0.3, 0.4) is 0 Å². The summed E-state index contributed by atoms with van der Waals surface area (Å²) in [5, 5.41) is 0. The van der Waals surface area contributed by atoms with Crippen LogP contribution >= 0.6 is 0 Å². The van der Waals surface area contributed by atoms with Crippen LogP contribution in [0.4, 0.5) is 0 Å². The Labute approximate surface area is 74.4 Å². The molecule has 0 saturated carbocycles. The van der Waals surface area contributed by atoms with Crippen molar-refractivity contribution < 1.29 is 9.57 Å². The highest BCUT2D eigenvalue weighted by molar-refractivity contribution is 4.43. The summed E-state index contributed by atoms with van der Waals surface area (Å²) in [6, 6.07) is 0. The first-order valence-corrected chi connectivity index (χ1v) is 4.30. The fourth-order valence-corrected chi connectivity index (χ4v) is 0.574. The standard InChI is InChI=1S/C8H20N2O2/c1-6(2)5-11-8(4)10-12-7(3)9/h6-8,10H,5,9H2,1-4H3. The number of nitrogens with one attached hydrogen (secondary N) is 1. The SMILES string of the molecule is CC(C)COC(C)NOC(C)N. The van der Waals surface area contributed by atoms with E-state index in [0.717, 1.165) is 6.61 Å². The molecule has 0 aliphatic heterocycles. The van der Waals surface area contributed by atoms with Gasteiger partial charge in [-0.05, 0) is 19.8 Å². The first-order valence-electron chi connectivity index (χ1n) is 4.30. The summed E-state index contributed by atoms with van der Waals surface area (Å²) in [5.41, 5.74) is 8.05. The highest BCUT2D eigenvalue weighted by Gasteiger charge is 2.03. The molecular formula is C8H20N2O2. The molecule has 0 aromatic carbocycles. The monoisotopic (exact) mass is 176 g/mol. The zero-order chi connectivity index (χ0) is 9.56. The number of ether oxygens (including phenoxy) is 1. The van der Waals surface area contributed by atoms with E-state index in [1.54, 1.807) is 6.92 Å². The van der Waals surface area contributed by atoms with Crippen molar-refractivity contribution in [3.63, 3.8) is 0 Å². The molecule has 3 N–H and O–H groups in total. The van der Waals surface area contributed by atoms with Crippen molar-refractivity contribution in [1.29, 1.82) is 0 Å². The minimum atomic E-state index is -0.310. The predicted molar refractivity (Wildman–Crippen MR) is 48.1 cm³/mol. The van der Waals surface area contributed by atoms with Gasteiger partial charge in [-0.1, -0.05) is 13.8 Å². The Hall–Kier alpha value is -0.160. The Morgan fingerprint density at radius 2 is 1.83 bits per heavy atom. The van der Waals surface area contributed by atoms with Crippen molar-refractivity contribution in [2.24, 2.45) is 11.7 Å².